The van der Waals surface area contributed by atoms with Gasteiger partial charge in [0, 0.05) is 11.3 Å². The van der Waals surface area contributed by atoms with Crippen molar-refractivity contribution < 1.29 is 5.11 Å². The molecule has 1 unspecified atom stereocenters. The molecule has 0 heterocycles. The Morgan fingerprint density at radius 3 is 2.81 bits per heavy atom. The van der Waals surface area contributed by atoms with Crippen molar-refractivity contribution >= 4 is 5.69 Å². The van der Waals surface area contributed by atoms with Gasteiger partial charge in [-0.25, -0.2) is 0 Å². The maximum atomic E-state index is 8.97. The van der Waals surface area contributed by atoms with Gasteiger partial charge >= 0.3 is 0 Å². The third-order valence-electron chi connectivity index (χ3n) is 3.05. The Balaban J connectivity index is 2.39. The molecule has 5 N–H and O–H groups in total. The van der Waals surface area contributed by atoms with Crippen LogP contribution >= 0.6 is 0 Å². The normalized spacial score (nSPS) is 17.2. The molecule has 1 aromatic rings. The van der Waals surface area contributed by atoms with Crippen LogP contribution in [0.15, 0.2) is 18.2 Å². The van der Waals surface area contributed by atoms with E-state index in [2.05, 4.69) is 16.7 Å². The molecule has 1 atom stereocenters. The molecule has 2 rings (SSSR count). The number of anilines is 1. The number of aliphatic hydroxyl groups is 1. The minimum absolute atomic E-state index is 0.0719. The summed E-state index contributed by atoms with van der Waals surface area (Å²) in [5, 5.41) is 15.0. The predicted molar refractivity (Wildman–Crippen MR) is 65.1 cm³/mol. The molecule has 1 aromatic carbocycles. The van der Waals surface area contributed by atoms with Gasteiger partial charge < -0.3 is 21.5 Å². The first-order valence-corrected chi connectivity index (χ1v) is 5.68. The van der Waals surface area contributed by atoms with E-state index >= 15 is 0 Å². The topological polar surface area (TPSA) is 70.3 Å². The van der Waals surface area contributed by atoms with E-state index < -0.39 is 0 Å². The molecule has 16 heavy (non-hydrogen) atoms. The Morgan fingerprint density at radius 2 is 2.25 bits per heavy atom. The molecule has 0 spiro atoms. The first-order chi connectivity index (χ1) is 7.77. The van der Waals surface area contributed by atoms with Gasteiger partial charge in [0.1, 0.15) is 6.73 Å². The minimum atomic E-state index is -0.189. The van der Waals surface area contributed by atoms with Crippen molar-refractivity contribution in [2.24, 2.45) is 5.73 Å². The summed E-state index contributed by atoms with van der Waals surface area (Å²) in [4.78, 5) is 0. The Labute approximate surface area is 95.8 Å². The highest BCUT2D eigenvalue weighted by Gasteiger charge is 2.28. The Kier molecular flexibility index (Phi) is 3.43. The van der Waals surface area contributed by atoms with E-state index in [1.54, 1.807) is 0 Å². The second-order valence-corrected chi connectivity index (χ2v) is 4.18. The van der Waals surface area contributed by atoms with E-state index in [4.69, 9.17) is 10.8 Å². The Bertz CT molecular complexity index is 363. The summed E-state index contributed by atoms with van der Waals surface area (Å²) in [6, 6.07) is 6.10. The summed E-state index contributed by atoms with van der Waals surface area (Å²) in [7, 11) is 1.84. The molecule has 0 aliphatic heterocycles. The van der Waals surface area contributed by atoms with Crippen LogP contribution in [0.5, 0.6) is 0 Å². The molecule has 1 fully saturated rings. The number of aliphatic hydroxyl groups excluding tert-OH is 1. The molecule has 1 aliphatic carbocycles. The molecule has 0 amide bonds. The zero-order valence-corrected chi connectivity index (χ0v) is 9.53. The van der Waals surface area contributed by atoms with E-state index in [0.29, 0.717) is 5.92 Å². The minimum Gasteiger partial charge on any atom is -0.377 e. The lowest BCUT2D eigenvalue weighted by atomic mass is 9.99. The average Bonchev–Trinajstić information content (AvgIpc) is 3.12. The molecule has 1 aliphatic rings. The van der Waals surface area contributed by atoms with E-state index in [0.717, 1.165) is 11.3 Å². The zero-order valence-electron chi connectivity index (χ0n) is 9.53. The Morgan fingerprint density at radius 1 is 1.50 bits per heavy atom. The van der Waals surface area contributed by atoms with Crippen molar-refractivity contribution in [3.8, 4) is 0 Å². The van der Waals surface area contributed by atoms with Crippen LogP contribution in [0.1, 0.15) is 36.1 Å². The van der Waals surface area contributed by atoms with E-state index in [-0.39, 0.29) is 12.9 Å². The van der Waals surface area contributed by atoms with Crippen molar-refractivity contribution in [3.63, 3.8) is 0 Å². The highest BCUT2D eigenvalue weighted by Crippen LogP contribution is 2.44. The fourth-order valence-electron chi connectivity index (χ4n) is 2.06. The molecule has 0 radical (unpaired) electrons. The maximum absolute atomic E-state index is 8.97. The summed E-state index contributed by atoms with van der Waals surface area (Å²) in [5.74, 6) is 0.648. The number of nitrogens with two attached hydrogens (primary N) is 1. The number of nitrogens with one attached hydrogen (secondary N) is 2. The lowest BCUT2D eigenvalue weighted by Crippen LogP contribution is -2.27. The van der Waals surface area contributed by atoms with Crippen molar-refractivity contribution in [2.75, 3.05) is 19.1 Å². The zero-order chi connectivity index (χ0) is 11.5. The average molecular weight is 221 g/mol. The summed E-state index contributed by atoms with van der Waals surface area (Å²) in [6.45, 7) is -0.0719. The second-order valence-electron chi connectivity index (χ2n) is 4.18. The largest absolute Gasteiger partial charge is 0.377 e. The molecule has 0 aromatic heterocycles. The predicted octanol–water partition coefficient (Wildman–Crippen LogP) is 1.10. The summed E-state index contributed by atoms with van der Waals surface area (Å²) in [6.07, 6.45) is 2.30. The first kappa shape index (κ1) is 11.4. The van der Waals surface area contributed by atoms with Crippen LogP contribution in [0, 0.1) is 0 Å². The molecule has 0 saturated heterocycles. The van der Waals surface area contributed by atoms with Crippen molar-refractivity contribution in [1.29, 1.82) is 0 Å². The van der Waals surface area contributed by atoms with Crippen molar-refractivity contribution in [2.45, 2.75) is 24.9 Å². The van der Waals surface area contributed by atoms with Gasteiger partial charge in [0.2, 0.25) is 0 Å². The van der Waals surface area contributed by atoms with Gasteiger partial charge in [-0.3, -0.25) is 0 Å². The summed E-state index contributed by atoms with van der Waals surface area (Å²) in [5.41, 5.74) is 9.37. The highest BCUT2D eigenvalue weighted by atomic mass is 16.3. The van der Waals surface area contributed by atoms with Gasteiger partial charge in [-0.1, -0.05) is 12.1 Å². The van der Waals surface area contributed by atoms with Gasteiger partial charge in [-0.2, -0.15) is 0 Å². The molecule has 4 nitrogen and oxygen atoms in total. The Hall–Kier alpha value is -1.10. The second kappa shape index (κ2) is 4.82. The third kappa shape index (κ3) is 2.19. The monoisotopic (exact) mass is 221 g/mol. The van der Waals surface area contributed by atoms with Crippen LogP contribution in [-0.2, 0) is 0 Å². The van der Waals surface area contributed by atoms with Crippen LogP contribution in [0.25, 0.3) is 0 Å². The quantitative estimate of drug-likeness (QED) is 0.562. The highest BCUT2D eigenvalue weighted by molar-refractivity contribution is 5.57. The smallest absolute Gasteiger partial charge is 0.113 e. The molecule has 4 heteroatoms. The number of rotatable bonds is 5. The summed E-state index contributed by atoms with van der Waals surface area (Å²) >= 11 is 0. The number of hydrogen-bond donors (Lipinski definition) is 4. The van der Waals surface area contributed by atoms with E-state index in [9.17, 15) is 0 Å². The van der Waals surface area contributed by atoms with E-state index in [1.807, 2.05) is 19.2 Å². The lowest BCUT2D eigenvalue weighted by Gasteiger charge is -2.20. The van der Waals surface area contributed by atoms with Crippen LogP contribution in [0.4, 0.5) is 5.69 Å². The van der Waals surface area contributed by atoms with Gasteiger partial charge in [0.05, 0.1) is 6.17 Å². The summed E-state index contributed by atoms with van der Waals surface area (Å²) < 4.78 is 0. The first-order valence-electron chi connectivity index (χ1n) is 5.68. The van der Waals surface area contributed by atoms with Gasteiger partial charge in [0.15, 0.2) is 0 Å². The molecular formula is C12H19N3O. The molecule has 88 valence electrons. The van der Waals surface area contributed by atoms with Gasteiger partial charge in [-0.05, 0) is 37.4 Å². The number of benzene rings is 1. The van der Waals surface area contributed by atoms with Gasteiger partial charge in [-0.15, -0.1) is 0 Å². The maximum Gasteiger partial charge on any atom is 0.113 e. The SMILES string of the molecule is CNC(N)c1c(NCO)cccc1C1CC1. The lowest BCUT2D eigenvalue weighted by molar-refractivity contribution is 0.325. The van der Waals surface area contributed by atoms with Crippen LogP contribution in [-0.4, -0.2) is 18.9 Å². The third-order valence-corrected chi connectivity index (χ3v) is 3.05. The van der Waals surface area contributed by atoms with Crippen molar-refractivity contribution in [1.82, 2.24) is 5.32 Å². The van der Waals surface area contributed by atoms with Gasteiger partial charge in [0.25, 0.3) is 0 Å². The van der Waals surface area contributed by atoms with Crippen LogP contribution < -0.4 is 16.4 Å². The van der Waals surface area contributed by atoms with Crippen LogP contribution in [0.3, 0.4) is 0 Å². The van der Waals surface area contributed by atoms with E-state index in [1.165, 1.54) is 18.4 Å². The molecule has 1 saturated carbocycles. The molecule has 0 bridgehead atoms. The fraction of sp³-hybridized carbons (Fsp3) is 0.500. The molecular weight excluding hydrogens is 202 g/mol. The standard InChI is InChI=1S/C12H19N3O/c1-14-12(13)11-9(8-5-6-8)3-2-4-10(11)15-7-16/h2-4,8,12,14-16H,5-7,13H2,1H3. The van der Waals surface area contributed by atoms with Crippen LogP contribution in [0.2, 0.25) is 0 Å². The fourth-order valence-corrected chi connectivity index (χ4v) is 2.06. The van der Waals surface area contributed by atoms with Crippen molar-refractivity contribution in [3.05, 3.63) is 29.3 Å². The number of hydrogen-bond acceptors (Lipinski definition) is 4.